The fourth-order valence-corrected chi connectivity index (χ4v) is 9.60. The number of aromatic nitrogens is 4. The highest BCUT2D eigenvalue weighted by molar-refractivity contribution is 7.18. The Hall–Kier alpha value is -3.31. The molecule has 6 aliphatic rings. The quantitative estimate of drug-likeness (QED) is 0.403. The van der Waals surface area contributed by atoms with E-state index in [0.29, 0.717) is 55.0 Å². The van der Waals surface area contributed by atoms with Gasteiger partial charge >= 0.3 is 6.01 Å². The van der Waals surface area contributed by atoms with Crippen LogP contribution in [0.4, 0.5) is 11.6 Å². The van der Waals surface area contributed by atoms with Gasteiger partial charge in [-0.3, -0.25) is 9.69 Å². The molecule has 0 radical (unpaired) electrons. The molecule has 0 amide bonds. The van der Waals surface area contributed by atoms with Crippen LogP contribution in [0.5, 0.6) is 6.01 Å². The average Bonchev–Trinajstić information content (AvgIpc) is 3.33. The van der Waals surface area contributed by atoms with Gasteiger partial charge in [-0.25, -0.2) is 4.98 Å². The molecule has 2 unspecified atom stereocenters. The number of aryl methyl sites for hydroxylation is 1. The van der Waals surface area contributed by atoms with Crippen molar-refractivity contribution in [3.8, 4) is 12.1 Å². The normalized spacial score (nSPS) is 26.5. The largest absolute Gasteiger partial charge is 0.463 e. The number of nitrogens with zero attached hydrogens (tertiary/aromatic N) is 7. The lowest BCUT2D eigenvalue weighted by molar-refractivity contribution is 0.0231. The molecule has 3 aromatic rings. The SMILES string of the molecule is N#Cc1c(N2CC3CCC(C2)N3)nc(OCC2(CN3CCOCC3)CC2)nc1N1CC2(CCc3sc4nc[nH]c(=O)c4c32)C1. The Morgan fingerprint density at radius 1 is 1.09 bits per heavy atom. The smallest absolute Gasteiger partial charge is 0.320 e. The van der Waals surface area contributed by atoms with Crippen molar-refractivity contribution >= 4 is 33.2 Å². The Kier molecular flexibility index (Phi) is 6.21. The lowest BCUT2D eigenvalue weighted by atomic mass is 9.74. The fourth-order valence-electron chi connectivity index (χ4n) is 8.34. The Bertz CT molecular complexity index is 1700. The van der Waals surface area contributed by atoms with Crippen LogP contribution in [-0.2, 0) is 16.6 Å². The summed E-state index contributed by atoms with van der Waals surface area (Å²) in [6.07, 6.45) is 8.01. The molecule has 3 aromatic heterocycles. The molecule has 5 fully saturated rings. The maximum absolute atomic E-state index is 12.9. The third kappa shape index (κ3) is 4.41. The summed E-state index contributed by atoms with van der Waals surface area (Å²) in [5.74, 6) is 1.35. The van der Waals surface area contributed by atoms with Gasteiger partial charge in [0.2, 0.25) is 0 Å². The van der Waals surface area contributed by atoms with Crippen LogP contribution in [-0.4, -0.2) is 103 Å². The highest BCUT2D eigenvalue weighted by Gasteiger charge is 2.52. The molecule has 4 saturated heterocycles. The van der Waals surface area contributed by atoms with Crippen LogP contribution in [0.1, 0.15) is 48.1 Å². The molecular weight excluding hydrogens is 578 g/mol. The average molecular weight is 616 g/mol. The van der Waals surface area contributed by atoms with Crippen molar-refractivity contribution < 1.29 is 9.47 Å². The van der Waals surface area contributed by atoms with Crippen molar-refractivity contribution in [1.82, 2.24) is 30.2 Å². The Labute approximate surface area is 259 Å². The lowest BCUT2D eigenvalue weighted by Gasteiger charge is -2.49. The van der Waals surface area contributed by atoms with Crippen molar-refractivity contribution in [2.45, 2.75) is 56.0 Å². The topological polar surface area (TPSA) is 136 Å². The summed E-state index contributed by atoms with van der Waals surface area (Å²) in [6.45, 7) is 8.16. The second-order valence-electron chi connectivity index (χ2n) is 13.8. The highest BCUT2D eigenvalue weighted by atomic mass is 32.1. The van der Waals surface area contributed by atoms with Crippen LogP contribution < -0.4 is 25.4 Å². The molecule has 0 aromatic carbocycles. The predicted molar refractivity (Wildman–Crippen MR) is 166 cm³/mol. The number of H-pyrrole nitrogens is 1. The second-order valence-corrected chi connectivity index (χ2v) is 14.9. The van der Waals surface area contributed by atoms with E-state index in [-0.39, 0.29) is 16.4 Å². The van der Waals surface area contributed by atoms with Gasteiger partial charge in [-0.15, -0.1) is 11.3 Å². The minimum absolute atomic E-state index is 0.0654. The number of hydrogen-bond acceptors (Lipinski definition) is 12. The van der Waals surface area contributed by atoms with E-state index in [0.717, 1.165) is 100 Å². The number of thiophene rings is 1. The van der Waals surface area contributed by atoms with Crippen LogP contribution in [0, 0.1) is 16.7 Å². The summed E-state index contributed by atoms with van der Waals surface area (Å²) in [7, 11) is 0. The molecule has 2 aliphatic carbocycles. The maximum atomic E-state index is 12.9. The number of nitrogens with one attached hydrogen (secondary N) is 2. The first-order valence-corrected chi connectivity index (χ1v) is 16.8. The first-order chi connectivity index (χ1) is 21.5. The van der Waals surface area contributed by atoms with E-state index in [1.165, 1.54) is 11.2 Å². The number of ether oxygens (including phenoxy) is 2. The van der Waals surface area contributed by atoms with Gasteiger partial charge in [0.15, 0.2) is 11.6 Å². The number of rotatable bonds is 7. The fraction of sp³-hybridized carbons (Fsp3) is 0.645. The molecule has 2 atom stereocenters. The molecule has 44 heavy (non-hydrogen) atoms. The molecule has 1 saturated carbocycles. The zero-order valence-electron chi connectivity index (χ0n) is 24.8. The predicted octanol–water partition coefficient (Wildman–Crippen LogP) is 1.78. The van der Waals surface area contributed by atoms with Crippen LogP contribution in [0.3, 0.4) is 0 Å². The third-order valence-corrected chi connectivity index (χ3v) is 12.0. The van der Waals surface area contributed by atoms with E-state index in [2.05, 4.69) is 36.1 Å². The molecular formula is C31H37N9O3S. The van der Waals surface area contributed by atoms with Crippen LogP contribution >= 0.6 is 11.3 Å². The van der Waals surface area contributed by atoms with Gasteiger partial charge in [0.1, 0.15) is 16.5 Å². The zero-order valence-corrected chi connectivity index (χ0v) is 25.6. The minimum atomic E-state index is -0.132. The summed E-state index contributed by atoms with van der Waals surface area (Å²) < 4.78 is 12.0. The number of hydrogen-bond donors (Lipinski definition) is 2. The summed E-state index contributed by atoms with van der Waals surface area (Å²) in [4.78, 5) is 39.1. The molecule has 12 nitrogen and oxygen atoms in total. The monoisotopic (exact) mass is 615 g/mol. The van der Waals surface area contributed by atoms with E-state index in [4.69, 9.17) is 19.4 Å². The molecule has 4 aliphatic heterocycles. The molecule has 13 heteroatoms. The van der Waals surface area contributed by atoms with Crippen LogP contribution in [0.25, 0.3) is 10.2 Å². The van der Waals surface area contributed by atoms with Crippen LogP contribution in [0.2, 0.25) is 0 Å². The van der Waals surface area contributed by atoms with Crippen LogP contribution in [0.15, 0.2) is 11.1 Å². The second kappa shape index (κ2) is 10.1. The van der Waals surface area contributed by atoms with Crippen molar-refractivity contribution in [3.05, 3.63) is 32.7 Å². The number of aromatic amines is 1. The molecule has 9 rings (SSSR count). The number of nitriles is 1. The summed E-state index contributed by atoms with van der Waals surface area (Å²) in [5.41, 5.74) is 1.61. The van der Waals surface area contributed by atoms with E-state index >= 15 is 0 Å². The maximum Gasteiger partial charge on any atom is 0.320 e. The molecule has 1 spiro atoms. The summed E-state index contributed by atoms with van der Waals surface area (Å²) in [5, 5.41) is 15.0. The number of fused-ring (bicyclic) bond motifs is 6. The molecule has 230 valence electrons. The van der Waals surface area contributed by atoms with Gasteiger partial charge in [0.25, 0.3) is 5.56 Å². The van der Waals surface area contributed by atoms with Gasteiger partial charge in [0, 0.05) is 73.6 Å². The summed E-state index contributed by atoms with van der Waals surface area (Å²) >= 11 is 1.64. The minimum Gasteiger partial charge on any atom is -0.463 e. The lowest BCUT2D eigenvalue weighted by Crippen LogP contribution is -2.59. The molecule has 2 N–H and O–H groups in total. The van der Waals surface area contributed by atoms with Gasteiger partial charge in [-0.05, 0) is 44.1 Å². The van der Waals surface area contributed by atoms with E-state index in [9.17, 15) is 10.1 Å². The zero-order chi connectivity index (χ0) is 29.5. The first-order valence-electron chi connectivity index (χ1n) is 16.0. The third-order valence-electron chi connectivity index (χ3n) is 10.8. The van der Waals surface area contributed by atoms with Gasteiger partial charge in [-0.2, -0.15) is 15.2 Å². The van der Waals surface area contributed by atoms with Crippen molar-refractivity contribution in [1.29, 1.82) is 5.26 Å². The van der Waals surface area contributed by atoms with E-state index in [1.807, 2.05) is 0 Å². The number of anilines is 2. The van der Waals surface area contributed by atoms with Crippen molar-refractivity contribution in [2.24, 2.45) is 5.41 Å². The van der Waals surface area contributed by atoms with Crippen molar-refractivity contribution in [3.63, 3.8) is 0 Å². The number of piperazine rings is 1. The van der Waals surface area contributed by atoms with E-state index < -0.39 is 0 Å². The number of morpholine rings is 1. The van der Waals surface area contributed by atoms with Gasteiger partial charge in [0.05, 0.1) is 31.5 Å². The van der Waals surface area contributed by atoms with E-state index in [1.54, 1.807) is 11.3 Å². The first kappa shape index (κ1) is 27.0. The van der Waals surface area contributed by atoms with Gasteiger partial charge < -0.3 is 29.6 Å². The highest BCUT2D eigenvalue weighted by Crippen LogP contribution is 2.52. The Morgan fingerprint density at radius 2 is 1.84 bits per heavy atom. The van der Waals surface area contributed by atoms with Gasteiger partial charge in [-0.1, -0.05) is 0 Å². The molecule has 7 heterocycles. The summed E-state index contributed by atoms with van der Waals surface area (Å²) in [6, 6.07) is 3.68. The Morgan fingerprint density at radius 3 is 2.57 bits per heavy atom. The Balaban J connectivity index is 1.03. The van der Waals surface area contributed by atoms with Crippen molar-refractivity contribution in [2.75, 3.05) is 75.4 Å². The molecule has 2 bridgehead atoms. The standard InChI is InChI=1S/C31H37N9O3S/c32-11-21-25(39-12-19-1-2-20(13-39)35-19)36-29(43-17-30(5-6-30)14-38-7-9-42-10-8-38)37-26(21)40-15-31(16-40)4-3-22-24(31)23-27(41)33-18-34-28(23)44-22/h18-20,35H,1-10,12-17H2,(H,33,34,41).